The number of amides is 1. The third-order valence-electron chi connectivity index (χ3n) is 3.32. The van der Waals surface area contributed by atoms with Gasteiger partial charge < -0.3 is 10.1 Å². The number of sulfone groups is 1. The van der Waals surface area contributed by atoms with Crippen LogP contribution in [0.5, 0.6) is 5.75 Å². The zero-order valence-electron chi connectivity index (χ0n) is 12.1. The molecule has 1 N–H and O–H groups in total. The van der Waals surface area contributed by atoms with Crippen molar-refractivity contribution in [1.29, 1.82) is 0 Å². The third-order valence-corrected chi connectivity index (χ3v) is 6.60. The van der Waals surface area contributed by atoms with Gasteiger partial charge >= 0.3 is 0 Å². The molecule has 0 spiro atoms. The van der Waals surface area contributed by atoms with Gasteiger partial charge in [0, 0.05) is 10.9 Å². The Morgan fingerprint density at radius 3 is 2.81 bits per heavy atom. The highest BCUT2D eigenvalue weighted by molar-refractivity contribution is 8.02. The summed E-state index contributed by atoms with van der Waals surface area (Å²) in [6.45, 7) is 1.91. The Hall–Kier alpha value is -1.21. The van der Waals surface area contributed by atoms with Crippen molar-refractivity contribution < 1.29 is 17.9 Å². The Balaban J connectivity index is 1.83. The Bertz CT molecular complexity index is 628. The molecular weight excluding hydrogens is 310 g/mol. The van der Waals surface area contributed by atoms with E-state index in [2.05, 4.69) is 5.32 Å². The van der Waals surface area contributed by atoms with Gasteiger partial charge in [-0.2, -0.15) is 0 Å². The van der Waals surface area contributed by atoms with Crippen LogP contribution in [0.4, 0.5) is 5.69 Å². The van der Waals surface area contributed by atoms with Crippen LogP contribution in [0, 0.1) is 6.92 Å². The summed E-state index contributed by atoms with van der Waals surface area (Å²) in [7, 11) is -1.28. The van der Waals surface area contributed by atoms with Gasteiger partial charge in [0.1, 0.15) is 5.75 Å². The second kappa shape index (κ2) is 6.70. The number of aryl methyl sites for hydroxylation is 1. The fraction of sp³-hybridized carbons (Fsp3) is 0.500. The van der Waals surface area contributed by atoms with Gasteiger partial charge in [0.05, 0.1) is 24.4 Å². The summed E-state index contributed by atoms with van der Waals surface area (Å²) >= 11 is 1.41. The first kappa shape index (κ1) is 16.2. The van der Waals surface area contributed by atoms with Crippen LogP contribution in [0.2, 0.25) is 0 Å². The smallest absolute Gasteiger partial charge is 0.234 e. The van der Waals surface area contributed by atoms with E-state index in [1.54, 1.807) is 13.2 Å². The van der Waals surface area contributed by atoms with Crippen molar-refractivity contribution in [3.8, 4) is 5.75 Å². The summed E-state index contributed by atoms with van der Waals surface area (Å²) in [5.74, 6) is 1.36. The number of hydrogen-bond donors (Lipinski definition) is 1. The zero-order valence-corrected chi connectivity index (χ0v) is 13.7. The second-order valence-corrected chi connectivity index (χ2v) is 8.59. The maximum Gasteiger partial charge on any atom is 0.234 e. The van der Waals surface area contributed by atoms with Gasteiger partial charge in [-0.15, -0.1) is 11.8 Å². The Labute approximate surface area is 129 Å². The lowest BCUT2D eigenvalue weighted by Crippen LogP contribution is -2.17. The molecule has 1 fully saturated rings. The van der Waals surface area contributed by atoms with E-state index in [-0.39, 0.29) is 28.4 Å². The standard InChI is InChI=1S/C14H19NO4S2/c1-10-7-11(3-4-13(10)19-2)15-14(16)8-20-12-5-6-21(17,18)9-12/h3-4,7,12H,5-6,8-9H2,1-2H3,(H,15,16)/t12-/m0/s1. The van der Waals surface area contributed by atoms with Crippen LogP contribution in [-0.4, -0.2) is 43.9 Å². The maximum absolute atomic E-state index is 11.9. The molecule has 0 unspecified atom stereocenters. The van der Waals surface area contributed by atoms with Crippen LogP contribution in [0.15, 0.2) is 18.2 Å². The molecule has 0 aliphatic carbocycles. The number of carbonyl (C=O) groups is 1. The highest BCUT2D eigenvalue weighted by Gasteiger charge is 2.28. The van der Waals surface area contributed by atoms with Crippen LogP contribution in [0.25, 0.3) is 0 Å². The van der Waals surface area contributed by atoms with Crippen molar-refractivity contribution in [3.63, 3.8) is 0 Å². The largest absolute Gasteiger partial charge is 0.496 e. The molecule has 1 aliphatic heterocycles. The molecule has 1 aromatic rings. The summed E-state index contributed by atoms with van der Waals surface area (Å²) < 4.78 is 27.9. The molecule has 1 heterocycles. The van der Waals surface area contributed by atoms with Gasteiger partial charge in [0.25, 0.3) is 0 Å². The molecule has 1 aliphatic rings. The minimum atomic E-state index is -2.88. The summed E-state index contributed by atoms with van der Waals surface area (Å²) in [6.07, 6.45) is 0.641. The average molecular weight is 329 g/mol. The van der Waals surface area contributed by atoms with Crippen molar-refractivity contribution in [2.45, 2.75) is 18.6 Å². The average Bonchev–Trinajstić information content (AvgIpc) is 2.76. The maximum atomic E-state index is 11.9. The molecule has 116 valence electrons. The molecular formula is C14H19NO4S2. The number of rotatable bonds is 5. The topological polar surface area (TPSA) is 72.5 Å². The summed E-state index contributed by atoms with van der Waals surface area (Å²) in [5, 5.41) is 2.85. The molecule has 0 saturated carbocycles. The predicted molar refractivity (Wildman–Crippen MR) is 85.9 cm³/mol. The number of nitrogens with one attached hydrogen (secondary N) is 1. The second-order valence-electron chi connectivity index (χ2n) is 5.07. The lowest BCUT2D eigenvalue weighted by Gasteiger charge is -2.10. The molecule has 1 amide bonds. The van der Waals surface area contributed by atoms with Gasteiger partial charge in [-0.05, 0) is 37.1 Å². The van der Waals surface area contributed by atoms with Crippen LogP contribution < -0.4 is 10.1 Å². The van der Waals surface area contributed by atoms with Crippen molar-refractivity contribution in [2.75, 3.05) is 29.7 Å². The molecule has 7 heteroatoms. The van der Waals surface area contributed by atoms with Crippen LogP contribution in [-0.2, 0) is 14.6 Å². The van der Waals surface area contributed by atoms with E-state index in [9.17, 15) is 13.2 Å². The van der Waals surface area contributed by atoms with Gasteiger partial charge in [0.2, 0.25) is 5.91 Å². The quantitative estimate of drug-likeness (QED) is 0.893. The van der Waals surface area contributed by atoms with Crippen molar-refractivity contribution in [2.24, 2.45) is 0 Å². The molecule has 1 atom stereocenters. The Kier molecular flexibility index (Phi) is 5.16. The van der Waals surface area contributed by atoms with E-state index in [0.29, 0.717) is 6.42 Å². The minimum Gasteiger partial charge on any atom is -0.496 e. The number of benzene rings is 1. The third kappa shape index (κ3) is 4.64. The lowest BCUT2D eigenvalue weighted by molar-refractivity contribution is -0.113. The molecule has 1 saturated heterocycles. The molecule has 0 bridgehead atoms. The van der Waals surface area contributed by atoms with E-state index in [1.165, 1.54) is 11.8 Å². The number of carbonyl (C=O) groups excluding carboxylic acids is 1. The fourth-order valence-electron chi connectivity index (χ4n) is 2.24. The summed E-state index contributed by atoms with van der Waals surface area (Å²) in [6, 6.07) is 5.44. The Morgan fingerprint density at radius 2 is 2.24 bits per heavy atom. The lowest BCUT2D eigenvalue weighted by atomic mass is 10.2. The van der Waals surface area contributed by atoms with Gasteiger partial charge in [-0.25, -0.2) is 8.42 Å². The Morgan fingerprint density at radius 1 is 1.48 bits per heavy atom. The number of anilines is 1. The first-order chi connectivity index (χ1) is 9.89. The molecule has 5 nitrogen and oxygen atoms in total. The monoisotopic (exact) mass is 329 g/mol. The first-order valence-electron chi connectivity index (χ1n) is 6.66. The van der Waals surface area contributed by atoms with Gasteiger partial charge in [0.15, 0.2) is 9.84 Å². The molecule has 2 rings (SSSR count). The molecule has 21 heavy (non-hydrogen) atoms. The van der Waals surface area contributed by atoms with Crippen LogP contribution >= 0.6 is 11.8 Å². The van der Waals surface area contributed by atoms with E-state index in [0.717, 1.165) is 17.0 Å². The van der Waals surface area contributed by atoms with E-state index in [1.807, 2.05) is 19.1 Å². The molecule has 1 aromatic carbocycles. The van der Waals surface area contributed by atoms with Crippen molar-refractivity contribution in [3.05, 3.63) is 23.8 Å². The summed E-state index contributed by atoms with van der Waals surface area (Å²) in [4.78, 5) is 11.9. The normalized spacial score (nSPS) is 20.2. The number of thioether (sulfide) groups is 1. The molecule has 0 radical (unpaired) electrons. The predicted octanol–water partition coefficient (Wildman–Crippen LogP) is 1.86. The van der Waals surface area contributed by atoms with E-state index < -0.39 is 9.84 Å². The van der Waals surface area contributed by atoms with E-state index >= 15 is 0 Å². The molecule has 0 aromatic heterocycles. The zero-order chi connectivity index (χ0) is 15.5. The van der Waals surface area contributed by atoms with E-state index in [4.69, 9.17) is 4.74 Å². The van der Waals surface area contributed by atoms with Gasteiger partial charge in [-0.3, -0.25) is 4.79 Å². The fourth-order valence-corrected chi connectivity index (χ4v) is 5.68. The highest BCUT2D eigenvalue weighted by atomic mass is 32.2. The summed E-state index contributed by atoms with van der Waals surface area (Å²) in [5.41, 5.74) is 1.67. The van der Waals surface area contributed by atoms with Crippen LogP contribution in [0.1, 0.15) is 12.0 Å². The van der Waals surface area contributed by atoms with Crippen LogP contribution in [0.3, 0.4) is 0 Å². The van der Waals surface area contributed by atoms with Crippen molar-refractivity contribution in [1.82, 2.24) is 0 Å². The van der Waals surface area contributed by atoms with Crippen molar-refractivity contribution >= 4 is 33.2 Å². The number of hydrogen-bond acceptors (Lipinski definition) is 5. The minimum absolute atomic E-state index is 0.0401. The number of ether oxygens (including phenoxy) is 1. The number of methoxy groups -OCH3 is 1. The van der Waals surface area contributed by atoms with Gasteiger partial charge in [-0.1, -0.05) is 0 Å². The first-order valence-corrected chi connectivity index (χ1v) is 9.53. The SMILES string of the molecule is COc1ccc(NC(=O)CS[C@H]2CCS(=O)(=O)C2)cc1C. The highest BCUT2D eigenvalue weighted by Crippen LogP contribution is 2.25.